The van der Waals surface area contributed by atoms with Crippen molar-refractivity contribution < 1.29 is 14.3 Å². The van der Waals surface area contributed by atoms with Crippen molar-refractivity contribution in [3.63, 3.8) is 0 Å². The molecule has 0 radical (unpaired) electrons. The summed E-state index contributed by atoms with van der Waals surface area (Å²) >= 11 is 1.35. The average molecular weight is 312 g/mol. The van der Waals surface area contributed by atoms with E-state index in [1.165, 1.54) is 11.3 Å². The van der Waals surface area contributed by atoms with Crippen LogP contribution in [-0.2, 0) is 4.74 Å². The van der Waals surface area contributed by atoms with Crippen LogP contribution in [0.15, 0.2) is 5.38 Å². The Bertz CT molecular complexity index is 538. The highest BCUT2D eigenvalue weighted by Gasteiger charge is 2.35. The zero-order valence-electron chi connectivity index (χ0n) is 12.4. The van der Waals surface area contributed by atoms with Crippen LogP contribution >= 0.6 is 11.3 Å². The summed E-state index contributed by atoms with van der Waals surface area (Å²) in [6.07, 6.45) is 1.36. The number of nitrogens with one attached hydrogen (secondary N) is 1. The van der Waals surface area contributed by atoms with E-state index in [-0.39, 0.29) is 17.8 Å². The normalized spacial score (nSPS) is 18.7. The molecule has 1 atom stereocenters. The molecule has 0 aromatic carbocycles. The van der Waals surface area contributed by atoms with Crippen molar-refractivity contribution in [1.29, 1.82) is 0 Å². The van der Waals surface area contributed by atoms with Gasteiger partial charge < -0.3 is 4.74 Å². The lowest BCUT2D eigenvalue weighted by Crippen LogP contribution is -2.36. The Kier molecular flexibility index (Phi) is 4.48. The summed E-state index contributed by atoms with van der Waals surface area (Å²) in [7, 11) is 0. The van der Waals surface area contributed by atoms with Gasteiger partial charge in [0.05, 0.1) is 6.04 Å². The summed E-state index contributed by atoms with van der Waals surface area (Å²) in [5, 5.41) is 2.38. The Hall–Kier alpha value is -1.67. The van der Waals surface area contributed by atoms with Gasteiger partial charge in [0.1, 0.15) is 16.3 Å². The van der Waals surface area contributed by atoms with Crippen LogP contribution < -0.4 is 11.3 Å². The first-order valence-electron chi connectivity index (χ1n) is 6.78. The molecule has 3 N–H and O–H groups in total. The molecule has 2 heterocycles. The maximum atomic E-state index is 12.2. The van der Waals surface area contributed by atoms with E-state index in [9.17, 15) is 9.59 Å². The van der Waals surface area contributed by atoms with Gasteiger partial charge in [0.25, 0.3) is 5.91 Å². The van der Waals surface area contributed by atoms with Crippen LogP contribution in [0.1, 0.15) is 55.2 Å². The van der Waals surface area contributed by atoms with Crippen molar-refractivity contribution in [2.45, 2.75) is 45.3 Å². The molecule has 1 saturated heterocycles. The van der Waals surface area contributed by atoms with Gasteiger partial charge in [0.15, 0.2) is 0 Å². The number of nitrogens with two attached hydrogens (primary N) is 1. The third kappa shape index (κ3) is 3.70. The molecular weight excluding hydrogens is 292 g/mol. The van der Waals surface area contributed by atoms with Crippen molar-refractivity contribution in [1.82, 2.24) is 15.3 Å². The number of ether oxygens (including phenoxy) is 1. The molecule has 1 aromatic heterocycles. The number of amides is 2. The number of hydrazine groups is 1. The van der Waals surface area contributed by atoms with Crippen LogP contribution in [0.2, 0.25) is 0 Å². The molecule has 116 valence electrons. The number of rotatable bonds is 2. The van der Waals surface area contributed by atoms with Gasteiger partial charge in [-0.05, 0) is 33.6 Å². The molecule has 0 unspecified atom stereocenters. The van der Waals surface area contributed by atoms with Gasteiger partial charge in [-0.2, -0.15) is 0 Å². The number of carbonyl (C=O) groups excluding carboxylic acids is 2. The van der Waals surface area contributed by atoms with Crippen molar-refractivity contribution >= 4 is 23.3 Å². The van der Waals surface area contributed by atoms with E-state index in [0.717, 1.165) is 17.8 Å². The maximum Gasteiger partial charge on any atom is 0.410 e. The minimum Gasteiger partial charge on any atom is -0.444 e. The summed E-state index contributed by atoms with van der Waals surface area (Å²) in [5.74, 6) is 4.66. The molecule has 1 aromatic rings. The third-order valence-corrected chi connectivity index (χ3v) is 4.00. The maximum absolute atomic E-state index is 12.2. The Morgan fingerprint density at radius 1 is 1.52 bits per heavy atom. The average Bonchev–Trinajstić information content (AvgIpc) is 3.03. The van der Waals surface area contributed by atoms with E-state index < -0.39 is 11.5 Å². The molecular formula is C13H20N4O3S. The van der Waals surface area contributed by atoms with E-state index in [1.54, 1.807) is 10.3 Å². The summed E-state index contributed by atoms with van der Waals surface area (Å²) in [6, 6.07) is -0.135. The first-order chi connectivity index (χ1) is 9.81. The van der Waals surface area contributed by atoms with Gasteiger partial charge >= 0.3 is 6.09 Å². The summed E-state index contributed by atoms with van der Waals surface area (Å²) in [6.45, 7) is 6.15. The van der Waals surface area contributed by atoms with Crippen LogP contribution in [0.25, 0.3) is 0 Å². The highest BCUT2D eigenvalue weighted by atomic mass is 32.1. The summed E-state index contributed by atoms with van der Waals surface area (Å²) in [5.41, 5.74) is 1.79. The smallest absolute Gasteiger partial charge is 0.410 e. The summed E-state index contributed by atoms with van der Waals surface area (Å²) in [4.78, 5) is 29.6. The molecule has 8 heteroatoms. The standard InChI is InChI=1S/C13H20N4O3S/c1-13(2,3)20-12(19)17-6-4-5-9(17)11-15-8(7-21-11)10(18)16-14/h7,9H,4-6,14H2,1-3H3,(H,16,18)/t9-/m0/s1. The third-order valence-electron chi connectivity index (χ3n) is 3.05. The molecule has 7 nitrogen and oxygen atoms in total. The predicted molar refractivity (Wildman–Crippen MR) is 78.7 cm³/mol. The van der Waals surface area contributed by atoms with E-state index >= 15 is 0 Å². The Morgan fingerprint density at radius 3 is 2.86 bits per heavy atom. The van der Waals surface area contributed by atoms with Crippen molar-refractivity contribution in [3.05, 3.63) is 16.1 Å². The molecule has 0 saturated carbocycles. The first kappa shape index (κ1) is 15.7. The number of carbonyl (C=O) groups is 2. The topological polar surface area (TPSA) is 97.5 Å². The fraction of sp³-hybridized carbons (Fsp3) is 0.615. The van der Waals surface area contributed by atoms with Crippen LogP contribution in [0.4, 0.5) is 4.79 Å². The lowest BCUT2D eigenvalue weighted by Gasteiger charge is -2.27. The Balaban J connectivity index is 2.13. The first-order valence-corrected chi connectivity index (χ1v) is 7.66. The second-order valence-corrected chi connectivity index (χ2v) is 6.77. The quantitative estimate of drug-likeness (QED) is 0.493. The highest BCUT2D eigenvalue weighted by molar-refractivity contribution is 7.09. The molecule has 2 rings (SSSR count). The SMILES string of the molecule is CC(C)(C)OC(=O)N1CCC[C@H]1c1nc(C(=O)NN)cs1. The lowest BCUT2D eigenvalue weighted by atomic mass is 10.2. The zero-order chi connectivity index (χ0) is 15.6. The second-order valence-electron chi connectivity index (χ2n) is 5.88. The minimum atomic E-state index is -0.530. The molecule has 2 amide bonds. The monoisotopic (exact) mass is 312 g/mol. The van der Waals surface area contributed by atoms with E-state index in [1.807, 2.05) is 20.8 Å². The van der Waals surface area contributed by atoms with Crippen molar-refractivity contribution in [2.75, 3.05) is 6.54 Å². The van der Waals surface area contributed by atoms with Gasteiger partial charge in [0.2, 0.25) is 0 Å². The second kappa shape index (κ2) is 5.98. The number of nitrogen functional groups attached to an aromatic ring is 1. The molecule has 0 spiro atoms. The van der Waals surface area contributed by atoms with Crippen LogP contribution in [0, 0.1) is 0 Å². The van der Waals surface area contributed by atoms with Crippen molar-refractivity contribution in [2.24, 2.45) is 5.84 Å². The number of thiazole rings is 1. The number of likely N-dealkylation sites (tertiary alicyclic amines) is 1. The minimum absolute atomic E-state index is 0.135. The molecule has 1 fully saturated rings. The van der Waals surface area contributed by atoms with E-state index in [2.05, 4.69) is 10.4 Å². The van der Waals surface area contributed by atoms with Gasteiger partial charge in [0, 0.05) is 11.9 Å². The molecule has 0 bridgehead atoms. The Morgan fingerprint density at radius 2 is 2.24 bits per heavy atom. The van der Waals surface area contributed by atoms with E-state index in [4.69, 9.17) is 10.6 Å². The fourth-order valence-corrected chi connectivity index (χ4v) is 3.13. The molecule has 21 heavy (non-hydrogen) atoms. The zero-order valence-corrected chi connectivity index (χ0v) is 13.2. The fourth-order valence-electron chi connectivity index (χ4n) is 2.18. The van der Waals surface area contributed by atoms with E-state index in [0.29, 0.717) is 6.54 Å². The van der Waals surface area contributed by atoms with Crippen LogP contribution in [0.5, 0.6) is 0 Å². The lowest BCUT2D eigenvalue weighted by molar-refractivity contribution is 0.0224. The van der Waals surface area contributed by atoms with Crippen LogP contribution in [-0.4, -0.2) is 34.0 Å². The van der Waals surface area contributed by atoms with Gasteiger partial charge in [-0.25, -0.2) is 15.6 Å². The largest absolute Gasteiger partial charge is 0.444 e. The van der Waals surface area contributed by atoms with Crippen molar-refractivity contribution in [3.8, 4) is 0 Å². The number of aromatic nitrogens is 1. The van der Waals surface area contributed by atoms with Gasteiger partial charge in [-0.1, -0.05) is 0 Å². The summed E-state index contributed by atoms with van der Waals surface area (Å²) < 4.78 is 5.41. The highest BCUT2D eigenvalue weighted by Crippen LogP contribution is 2.34. The number of hydrogen-bond acceptors (Lipinski definition) is 6. The number of hydrogen-bond donors (Lipinski definition) is 2. The molecule has 1 aliphatic heterocycles. The molecule has 0 aliphatic carbocycles. The number of nitrogens with zero attached hydrogens (tertiary/aromatic N) is 2. The van der Waals surface area contributed by atoms with Gasteiger partial charge in [-0.15, -0.1) is 11.3 Å². The Labute approximate surface area is 127 Å². The predicted octanol–water partition coefficient (Wildman–Crippen LogP) is 1.82. The van der Waals surface area contributed by atoms with Crippen LogP contribution in [0.3, 0.4) is 0 Å². The van der Waals surface area contributed by atoms with Gasteiger partial charge in [-0.3, -0.25) is 15.1 Å². The molecule has 1 aliphatic rings.